The van der Waals surface area contributed by atoms with Crippen LogP contribution in [-0.2, 0) is 6.54 Å². The number of nitrogens with one attached hydrogen (secondary N) is 2. The topological polar surface area (TPSA) is 80.7 Å². The summed E-state index contributed by atoms with van der Waals surface area (Å²) in [6.45, 7) is 9.98. The molecule has 3 N–H and O–H groups in total. The molecule has 4 rings (SSSR count). The first kappa shape index (κ1) is 26.2. The number of nitrogens with zero attached hydrogens (tertiary/aromatic N) is 2. The van der Waals surface area contributed by atoms with Crippen LogP contribution in [0.3, 0.4) is 0 Å². The average Bonchev–Trinajstić information content (AvgIpc) is 3.26. The van der Waals surface area contributed by atoms with Gasteiger partial charge in [-0.3, -0.25) is 9.69 Å². The van der Waals surface area contributed by atoms with E-state index in [4.69, 9.17) is 4.99 Å². The number of aromatic hydroxyl groups is 1. The Kier molecular flexibility index (Phi) is 8.75. The maximum Gasteiger partial charge on any atom is 0.251 e. The Hall–Kier alpha value is -3.90. The van der Waals surface area contributed by atoms with Crippen LogP contribution in [-0.4, -0.2) is 46.2 Å². The predicted octanol–water partition coefficient (Wildman–Crippen LogP) is 6.41. The first-order valence-corrected chi connectivity index (χ1v) is 13.1. The first-order valence-electron chi connectivity index (χ1n) is 13.1. The Labute approximate surface area is 219 Å². The number of H-pyrrole nitrogens is 1. The van der Waals surface area contributed by atoms with E-state index in [1.165, 1.54) is 5.56 Å². The highest BCUT2D eigenvalue weighted by atomic mass is 16.3. The fourth-order valence-electron chi connectivity index (χ4n) is 4.41. The summed E-state index contributed by atoms with van der Waals surface area (Å²) in [5, 5.41) is 14.7. The molecule has 0 atom stereocenters. The maximum atomic E-state index is 12.7. The highest BCUT2D eigenvalue weighted by molar-refractivity contribution is 6.22. The lowest BCUT2D eigenvalue weighted by molar-refractivity contribution is 0.0953. The van der Waals surface area contributed by atoms with Crippen molar-refractivity contribution >= 4 is 28.2 Å². The minimum absolute atomic E-state index is 0.0271. The van der Waals surface area contributed by atoms with Crippen LogP contribution in [0.4, 0.5) is 5.69 Å². The Bertz CT molecular complexity index is 1350. The van der Waals surface area contributed by atoms with Crippen molar-refractivity contribution in [1.82, 2.24) is 15.2 Å². The van der Waals surface area contributed by atoms with Gasteiger partial charge in [-0.15, -0.1) is 0 Å². The molecule has 3 aromatic carbocycles. The summed E-state index contributed by atoms with van der Waals surface area (Å²) in [7, 11) is 0. The second kappa shape index (κ2) is 12.4. The maximum absolute atomic E-state index is 12.7. The number of aromatic nitrogens is 1. The van der Waals surface area contributed by atoms with E-state index in [9.17, 15) is 9.90 Å². The molecule has 37 heavy (non-hydrogen) atoms. The van der Waals surface area contributed by atoms with Gasteiger partial charge in [0.05, 0.1) is 17.0 Å². The van der Waals surface area contributed by atoms with Gasteiger partial charge in [-0.2, -0.15) is 0 Å². The van der Waals surface area contributed by atoms with Crippen molar-refractivity contribution in [3.05, 3.63) is 95.1 Å². The van der Waals surface area contributed by atoms with E-state index < -0.39 is 0 Å². The molecule has 0 aliphatic carbocycles. The van der Waals surface area contributed by atoms with Crippen LogP contribution in [0.2, 0.25) is 0 Å². The summed E-state index contributed by atoms with van der Waals surface area (Å²) in [6, 6.07) is 23.5. The second-order valence-electron chi connectivity index (χ2n) is 9.17. The average molecular weight is 497 g/mol. The normalized spacial score (nSPS) is 11.8. The monoisotopic (exact) mass is 496 g/mol. The van der Waals surface area contributed by atoms with Crippen LogP contribution in [0.25, 0.3) is 10.9 Å². The standard InChI is InChI=1S/C31H36N4O2/c1-4-7-19-32-30(36)24-15-18-27-26(20-24)28(31(37)34-27)29(23-11-9-8-10-12-23)33-25-16-13-22(14-17-25)21-35(5-2)6-3/h8-18,20,34,37H,4-7,19,21H2,1-3H3,(H,32,36). The number of aromatic amines is 1. The van der Waals surface area contributed by atoms with E-state index in [0.29, 0.717) is 23.4 Å². The van der Waals surface area contributed by atoms with Gasteiger partial charge in [-0.25, -0.2) is 4.99 Å². The molecular weight excluding hydrogens is 460 g/mol. The largest absolute Gasteiger partial charge is 0.494 e. The van der Waals surface area contributed by atoms with Crippen molar-refractivity contribution in [3.8, 4) is 5.88 Å². The van der Waals surface area contributed by atoms with Crippen molar-refractivity contribution in [2.75, 3.05) is 19.6 Å². The van der Waals surface area contributed by atoms with E-state index in [2.05, 4.69) is 48.1 Å². The van der Waals surface area contributed by atoms with Gasteiger partial charge in [-0.05, 0) is 55.4 Å². The Morgan fingerprint density at radius 2 is 1.68 bits per heavy atom. The molecule has 6 nitrogen and oxygen atoms in total. The summed E-state index contributed by atoms with van der Waals surface area (Å²) in [5.41, 5.74) is 5.43. The van der Waals surface area contributed by atoms with E-state index in [1.807, 2.05) is 54.6 Å². The number of fused-ring (bicyclic) bond motifs is 1. The number of hydrogen-bond acceptors (Lipinski definition) is 4. The lowest BCUT2D eigenvalue weighted by atomic mass is 9.99. The van der Waals surface area contributed by atoms with E-state index in [-0.39, 0.29) is 11.8 Å². The molecule has 1 aromatic heterocycles. The summed E-state index contributed by atoms with van der Waals surface area (Å²) in [4.78, 5) is 23.2. The number of rotatable bonds is 11. The lowest BCUT2D eigenvalue weighted by Gasteiger charge is -2.17. The molecule has 0 saturated heterocycles. The number of benzene rings is 3. The van der Waals surface area contributed by atoms with Gasteiger partial charge in [-0.1, -0.05) is 69.7 Å². The quantitative estimate of drug-likeness (QED) is 0.166. The van der Waals surface area contributed by atoms with Crippen molar-refractivity contribution in [2.45, 2.75) is 40.2 Å². The third-order valence-corrected chi connectivity index (χ3v) is 6.62. The van der Waals surface area contributed by atoms with Gasteiger partial charge in [0.25, 0.3) is 5.91 Å². The molecule has 192 valence electrons. The number of amides is 1. The van der Waals surface area contributed by atoms with E-state index >= 15 is 0 Å². The van der Waals surface area contributed by atoms with Gasteiger partial charge in [0.1, 0.15) is 0 Å². The zero-order chi connectivity index (χ0) is 26.2. The fraction of sp³-hybridized carbons (Fsp3) is 0.290. The smallest absolute Gasteiger partial charge is 0.251 e. The minimum Gasteiger partial charge on any atom is -0.494 e. The molecule has 0 aliphatic rings. The van der Waals surface area contributed by atoms with Gasteiger partial charge < -0.3 is 15.4 Å². The van der Waals surface area contributed by atoms with Crippen molar-refractivity contribution < 1.29 is 9.90 Å². The SMILES string of the molecule is CCCCNC(=O)c1ccc2[nH]c(O)c(C(=Nc3ccc(CN(CC)CC)cc3)c3ccccc3)c2c1. The molecule has 0 bridgehead atoms. The Balaban J connectivity index is 1.76. The second-order valence-corrected chi connectivity index (χ2v) is 9.17. The molecule has 6 heteroatoms. The number of carbonyl (C=O) groups excluding carboxylic acids is 1. The molecule has 0 unspecified atom stereocenters. The summed E-state index contributed by atoms with van der Waals surface area (Å²) < 4.78 is 0. The van der Waals surface area contributed by atoms with E-state index in [1.54, 1.807) is 6.07 Å². The van der Waals surface area contributed by atoms with Gasteiger partial charge >= 0.3 is 0 Å². The third kappa shape index (κ3) is 6.27. The van der Waals surface area contributed by atoms with Gasteiger partial charge in [0.2, 0.25) is 0 Å². The molecule has 0 aliphatic heterocycles. The highest BCUT2D eigenvalue weighted by Crippen LogP contribution is 2.32. The van der Waals surface area contributed by atoms with E-state index in [0.717, 1.165) is 54.6 Å². The van der Waals surface area contributed by atoms with Crippen LogP contribution in [0.1, 0.15) is 60.7 Å². The highest BCUT2D eigenvalue weighted by Gasteiger charge is 2.20. The summed E-state index contributed by atoms with van der Waals surface area (Å²) in [5.74, 6) is -0.0942. The van der Waals surface area contributed by atoms with Crippen LogP contribution in [0, 0.1) is 0 Å². The van der Waals surface area contributed by atoms with Crippen molar-refractivity contribution in [3.63, 3.8) is 0 Å². The third-order valence-electron chi connectivity index (χ3n) is 6.62. The zero-order valence-electron chi connectivity index (χ0n) is 21.9. The Morgan fingerprint density at radius 3 is 2.35 bits per heavy atom. The number of aliphatic imine (C=N–C) groups is 1. The molecule has 0 spiro atoms. The molecule has 4 aromatic rings. The fourth-order valence-corrected chi connectivity index (χ4v) is 4.41. The zero-order valence-corrected chi connectivity index (χ0v) is 21.9. The molecule has 0 fully saturated rings. The van der Waals surface area contributed by atoms with Crippen molar-refractivity contribution in [2.24, 2.45) is 4.99 Å². The van der Waals surface area contributed by atoms with Crippen LogP contribution >= 0.6 is 0 Å². The number of carbonyl (C=O) groups is 1. The molecular formula is C31H36N4O2. The lowest BCUT2D eigenvalue weighted by Crippen LogP contribution is -2.24. The summed E-state index contributed by atoms with van der Waals surface area (Å²) >= 11 is 0. The Morgan fingerprint density at radius 1 is 0.946 bits per heavy atom. The van der Waals surface area contributed by atoms with Crippen LogP contribution in [0.5, 0.6) is 5.88 Å². The first-order chi connectivity index (χ1) is 18.0. The number of unbranched alkanes of at least 4 members (excludes halogenated alkanes) is 1. The molecule has 0 saturated carbocycles. The van der Waals surface area contributed by atoms with Crippen LogP contribution in [0.15, 0.2) is 77.8 Å². The minimum atomic E-state index is -0.121. The summed E-state index contributed by atoms with van der Waals surface area (Å²) in [6.07, 6.45) is 1.95. The van der Waals surface area contributed by atoms with Gasteiger partial charge in [0, 0.05) is 35.1 Å². The molecule has 1 amide bonds. The number of hydrogen-bond donors (Lipinski definition) is 3. The van der Waals surface area contributed by atoms with Gasteiger partial charge in [0.15, 0.2) is 5.88 Å². The molecule has 1 heterocycles. The predicted molar refractivity (Wildman–Crippen MR) is 152 cm³/mol. The molecule has 0 radical (unpaired) electrons. The van der Waals surface area contributed by atoms with Crippen molar-refractivity contribution in [1.29, 1.82) is 0 Å². The van der Waals surface area contributed by atoms with Crippen LogP contribution < -0.4 is 5.32 Å².